The van der Waals surface area contributed by atoms with Crippen LogP contribution in [0, 0.1) is 5.41 Å². The molecule has 8 nitrogen and oxygen atoms in total. The summed E-state index contributed by atoms with van der Waals surface area (Å²) in [7, 11) is 0. The van der Waals surface area contributed by atoms with Gasteiger partial charge in [-0.05, 0) is 82.1 Å². The van der Waals surface area contributed by atoms with Gasteiger partial charge in [0.1, 0.15) is 11.3 Å². The molecule has 216 valence electrons. The second-order valence-corrected chi connectivity index (χ2v) is 12.7. The second-order valence-electron chi connectivity index (χ2n) is 12.7. The SMILES string of the molecule is CC(C)(C)OC(=O)N[C@@H]1c2ccccc2CC12CCN(c1ncc(N3CCCCc4ccccc43)nc1CO)CC2. The van der Waals surface area contributed by atoms with Gasteiger partial charge in [-0.15, -0.1) is 0 Å². The summed E-state index contributed by atoms with van der Waals surface area (Å²) in [4.78, 5) is 27.2. The molecular formula is C33H41N5O3. The highest BCUT2D eigenvalue weighted by Gasteiger charge is 2.49. The van der Waals surface area contributed by atoms with Crippen molar-refractivity contribution < 1.29 is 14.6 Å². The van der Waals surface area contributed by atoms with Crippen molar-refractivity contribution in [3.63, 3.8) is 0 Å². The molecule has 0 bridgehead atoms. The zero-order valence-electron chi connectivity index (χ0n) is 24.4. The van der Waals surface area contributed by atoms with E-state index in [9.17, 15) is 9.90 Å². The topological polar surface area (TPSA) is 90.8 Å². The van der Waals surface area contributed by atoms with Gasteiger partial charge in [0.25, 0.3) is 0 Å². The van der Waals surface area contributed by atoms with E-state index < -0.39 is 5.60 Å². The Morgan fingerprint density at radius 3 is 2.54 bits per heavy atom. The van der Waals surface area contributed by atoms with E-state index in [1.54, 1.807) is 0 Å². The van der Waals surface area contributed by atoms with Crippen molar-refractivity contribution in [1.82, 2.24) is 15.3 Å². The maximum Gasteiger partial charge on any atom is 0.408 e. The largest absolute Gasteiger partial charge is 0.444 e. The molecule has 3 aliphatic rings. The van der Waals surface area contributed by atoms with E-state index in [0.717, 1.165) is 69.8 Å². The van der Waals surface area contributed by atoms with Crippen LogP contribution in [0.15, 0.2) is 54.7 Å². The average molecular weight is 556 g/mol. The monoisotopic (exact) mass is 555 g/mol. The van der Waals surface area contributed by atoms with Crippen molar-refractivity contribution in [3.05, 3.63) is 77.1 Å². The van der Waals surface area contributed by atoms with Crippen LogP contribution in [0.3, 0.4) is 0 Å². The highest BCUT2D eigenvalue weighted by atomic mass is 16.6. The molecular weight excluding hydrogens is 514 g/mol. The number of aliphatic hydroxyl groups excluding tert-OH is 1. The van der Waals surface area contributed by atoms with E-state index in [1.165, 1.54) is 22.4 Å². The molecule has 1 aliphatic carbocycles. The van der Waals surface area contributed by atoms with E-state index >= 15 is 0 Å². The fraction of sp³-hybridized carbons (Fsp3) is 0.485. The minimum Gasteiger partial charge on any atom is -0.444 e. The summed E-state index contributed by atoms with van der Waals surface area (Å²) in [6, 6.07) is 16.8. The summed E-state index contributed by atoms with van der Waals surface area (Å²) in [6.07, 6.45) is 7.47. The van der Waals surface area contributed by atoms with E-state index in [4.69, 9.17) is 14.7 Å². The number of nitrogens with one attached hydrogen (secondary N) is 1. The van der Waals surface area contributed by atoms with Gasteiger partial charge in [-0.1, -0.05) is 42.5 Å². The van der Waals surface area contributed by atoms with Gasteiger partial charge in [0.05, 0.1) is 18.8 Å². The minimum atomic E-state index is -0.556. The Labute approximate surface area is 242 Å². The Balaban J connectivity index is 1.22. The Hall–Kier alpha value is -3.65. The predicted octanol–water partition coefficient (Wildman–Crippen LogP) is 5.85. The lowest BCUT2D eigenvalue weighted by Gasteiger charge is -2.44. The number of fused-ring (bicyclic) bond motifs is 2. The molecule has 3 aromatic rings. The number of aryl methyl sites for hydroxylation is 1. The van der Waals surface area contributed by atoms with Crippen LogP contribution in [0.1, 0.15) is 74.9 Å². The third-order valence-electron chi connectivity index (χ3n) is 8.84. The van der Waals surface area contributed by atoms with Crippen molar-refractivity contribution >= 4 is 23.4 Å². The van der Waals surface area contributed by atoms with Gasteiger partial charge in [0.15, 0.2) is 11.6 Å². The lowest BCUT2D eigenvalue weighted by molar-refractivity contribution is 0.0428. The smallest absolute Gasteiger partial charge is 0.408 e. The highest BCUT2D eigenvalue weighted by molar-refractivity contribution is 5.69. The van der Waals surface area contributed by atoms with Crippen LogP contribution >= 0.6 is 0 Å². The molecule has 8 heteroatoms. The molecule has 0 unspecified atom stereocenters. The fourth-order valence-corrected chi connectivity index (χ4v) is 6.91. The predicted molar refractivity (Wildman–Crippen MR) is 160 cm³/mol. The molecule has 0 radical (unpaired) electrons. The number of carbonyl (C=O) groups excluding carboxylic acids is 1. The summed E-state index contributed by atoms with van der Waals surface area (Å²) in [5, 5.41) is 13.6. The number of hydrogen-bond donors (Lipinski definition) is 2. The molecule has 3 heterocycles. The van der Waals surface area contributed by atoms with E-state index in [1.807, 2.05) is 33.0 Å². The van der Waals surface area contributed by atoms with Gasteiger partial charge in [-0.3, -0.25) is 0 Å². The number of amides is 1. The summed E-state index contributed by atoms with van der Waals surface area (Å²) in [5.74, 6) is 1.54. The van der Waals surface area contributed by atoms with Crippen LogP contribution in [-0.4, -0.2) is 46.4 Å². The molecule has 1 aromatic heterocycles. The zero-order valence-corrected chi connectivity index (χ0v) is 24.4. The number of anilines is 3. The summed E-state index contributed by atoms with van der Waals surface area (Å²) < 4.78 is 5.65. The molecule has 2 aromatic carbocycles. The molecule has 1 amide bonds. The number of ether oxygens (including phenoxy) is 1. The molecule has 1 fully saturated rings. The molecule has 2 N–H and O–H groups in total. The Bertz CT molecular complexity index is 1410. The van der Waals surface area contributed by atoms with Crippen LogP contribution < -0.4 is 15.1 Å². The van der Waals surface area contributed by atoms with Gasteiger partial charge >= 0.3 is 6.09 Å². The van der Waals surface area contributed by atoms with E-state index in [0.29, 0.717) is 5.69 Å². The number of para-hydroxylation sites is 1. The quantitative estimate of drug-likeness (QED) is 0.417. The standard InChI is InChI=1S/C33H41N5O3/c1-32(2,3)41-31(40)36-29-25-13-6-4-12-24(25)20-33(29)15-18-37(19-16-33)30-26(22-39)35-28(21-34-30)38-17-9-8-11-23-10-5-7-14-27(23)38/h4-7,10,12-14,21,29,39H,8-9,11,15-20,22H2,1-3H3,(H,36,40)/t29-/m1/s1. The van der Waals surface area contributed by atoms with Crippen molar-refractivity contribution in [1.29, 1.82) is 0 Å². The third kappa shape index (κ3) is 5.49. The number of aromatic nitrogens is 2. The van der Waals surface area contributed by atoms with Crippen LogP contribution in [0.2, 0.25) is 0 Å². The minimum absolute atomic E-state index is 0.0976. The number of alkyl carbamates (subject to hydrolysis) is 1. The first-order valence-electron chi connectivity index (χ1n) is 14.9. The maximum absolute atomic E-state index is 12.9. The molecule has 1 spiro atoms. The number of benzene rings is 2. The Morgan fingerprint density at radius 2 is 1.78 bits per heavy atom. The van der Waals surface area contributed by atoms with Gasteiger partial charge in [0.2, 0.25) is 0 Å². The van der Waals surface area contributed by atoms with E-state index in [2.05, 4.69) is 57.6 Å². The number of nitrogens with zero attached hydrogens (tertiary/aromatic N) is 4. The first kappa shape index (κ1) is 27.5. The Kier molecular flexibility index (Phi) is 7.36. The molecule has 0 saturated carbocycles. The van der Waals surface area contributed by atoms with Crippen molar-refractivity contribution in [2.45, 2.75) is 77.5 Å². The zero-order chi connectivity index (χ0) is 28.6. The molecule has 2 aliphatic heterocycles. The van der Waals surface area contributed by atoms with E-state index in [-0.39, 0.29) is 24.2 Å². The normalized spacial score (nSPS) is 19.9. The van der Waals surface area contributed by atoms with Crippen LogP contribution in [0.4, 0.5) is 22.1 Å². The number of hydrogen-bond acceptors (Lipinski definition) is 7. The molecule has 1 atom stereocenters. The number of piperidine rings is 1. The molecule has 41 heavy (non-hydrogen) atoms. The highest BCUT2D eigenvalue weighted by Crippen LogP contribution is 2.52. The van der Waals surface area contributed by atoms with Crippen molar-refractivity contribution in [2.24, 2.45) is 5.41 Å². The van der Waals surface area contributed by atoms with Crippen molar-refractivity contribution in [3.8, 4) is 0 Å². The maximum atomic E-state index is 12.9. The van der Waals surface area contributed by atoms with Crippen LogP contribution in [-0.2, 0) is 24.2 Å². The second kappa shape index (κ2) is 11.0. The lowest BCUT2D eigenvalue weighted by Crippen LogP contribution is -2.48. The van der Waals surface area contributed by atoms with Gasteiger partial charge in [-0.25, -0.2) is 14.8 Å². The first-order valence-corrected chi connectivity index (χ1v) is 14.9. The summed E-state index contributed by atoms with van der Waals surface area (Å²) >= 11 is 0. The Morgan fingerprint density at radius 1 is 1.05 bits per heavy atom. The summed E-state index contributed by atoms with van der Waals surface area (Å²) in [6.45, 7) is 7.93. The fourth-order valence-electron chi connectivity index (χ4n) is 6.91. The summed E-state index contributed by atoms with van der Waals surface area (Å²) in [5.41, 5.74) is 4.94. The third-order valence-corrected chi connectivity index (χ3v) is 8.84. The van der Waals surface area contributed by atoms with Crippen molar-refractivity contribution in [2.75, 3.05) is 29.4 Å². The molecule has 1 saturated heterocycles. The van der Waals surface area contributed by atoms with Gasteiger partial charge in [0, 0.05) is 30.7 Å². The number of rotatable bonds is 4. The van der Waals surface area contributed by atoms with Gasteiger partial charge < -0.3 is 25.0 Å². The van der Waals surface area contributed by atoms with Crippen LogP contribution in [0.25, 0.3) is 0 Å². The first-order chi connectivity index (χ1) is 19.8. The molecule has 6 rings (SSSR count). The van der Waals surface area contributed by atoms with Crippen LogP contribution in [0.5, 0.6) is 0 Å². The number of aliphatic hydroxyl groups is 1. The average Bonchev–Trinajstić information content (AvgIpc) is 3.09. The lowest BCUT2D eigenvalue weighted by atomic mass is 9.72. The van der Waals surface area contributed by atoms with Gasteiger partial charge in [-0.2, -0.15) is 0 Å². The number of carbonyl (C=O) groups is 1.